The number of allylic oxidation sites excluding steroid dienone is 2. The molecule has 4 rings (SSSR count). The first-order chi connectivity index (χ1) is 16.1. The quantitative estimate of drug-likeness (QED) is 0.550. The van der Waals surface area contributed by atoms with Gasteiger partial charge in [0.2, 0.25) is 0 Å². The zero-order valence-electron chi connectivity index (χ0n) is 18.4. The molecule has 1 saturated heterocycles. The molecule has 0 atom stereocenters. The SMILES string of the molecule is N#Cc1ccc(O[C@H]2CC[C@H](NC(=O)C3=CC=C(N4CCC(C=O)CC4)NN3)CC2)cc1Cl. The fraction of sp³-hybridized carbons (Fsp3) is 0.458. The fourth-order valence-corrected chi connectivity index (χ4v) is 4.62. The minimum atomic E-state index is -0.138. The molecule has 9 heteroatoms. The first kappa shape index (κ1) is 23.0. The summed E-state index contributed by atoms with van der Waals surface area (Å²) >= 11 is 6.08. The predicted molar refractivity (Wildman–Crippen MR) is 124 cm³/mol. The standard InChI is InChI=1S/C24H28ClN5O3/c25-21-13-20(4-1-17(21)14-26)33-19-5-2-18(3-6-19)27-24(32)22-7-8-23(29-28-22)30-11-9-16(15-31)10-12-30/h1,4,7-8,13,15-16,18-19,28-29H,2-3,5-6,9-12H2,(H,27,32)/t18-,19-. The lowest BCUT2D eigenvalue weighted by molar-refractivity contribution is -0.119. The third kappa shape index (κ3) is 5.79. The Morgan fingerprint density at radius 3 is 2.52 bits per heavy atom. The number of carbonyl (C=O) groups excluding carboxylic acids is 2. The maximum atomic E-state index is 12.7. The topological polar surface area (TPSA) is 106 Å². The maximum absolute atomic E-state index is 12.7. The van der Waals surface area contributed by atoms with Gasteiger partial charge < -0.3 is 19.7 Å². The molecular formula is C24H28ClN5O3. The largest absolute Gasteiger partial charge is 0.490 e. The lowest BCUT2D eigenvalue weighted by atomic mass is 9.92. The van der Waals surface area contributed by atoms with Gasteiger partial charge in [0, 0.05) is 31.1 Å². The number of rotatable bonds is 6. The van der Waals surface area contributed by atoms with Crippen molar-refractivity contribution in [1.29, 1.82) is 5.26 Å². The minimum Gasteiger partial charge on any atom is -0.490 e. The van der Waals surface area contributed by atoms with Crippen LogP contribution in [0.25, 0.3) is 0 Å². The molecule has 2 fully saturated rings. The summed E-state index contributed by atoms with van der Waals surface area (Å²) in [6, 6.07) is 7.24. The summed E-state index contributed by atoms with van der Waals surface area (Å²) in [5, 5.41) is 12.5. The lowest BCUT2D eigenvalue weighted by Gasteiger charge is -2.35. The summed E-state index contributed by atoms with van der Waals surface area (Å²) in [4.78, 5) is 25.8. The first-order valence-corrected chi connectivity index (χ1v) is 11.7. The van der Waals surface area contributed by atoms with Crippen LogP contribution in [0.5, 0.6) is 5.75 Å². The summed E-state index contributed by atoms with van der Waals surface area (Å²) in [6.07, 6.45) is 9.81. The van der Waals surface area contributed by atoms with Crippen molar-refractivity contribution in [2.75, 3.05) is 13.1 Å². The summed E-state index contributed by atoms with van der Waals surface area (Å²) < 4.78 is 6.02. The number of piperidine rings is 1. The first-order valence-electron chi connectivity index (χ1n) is 11.4. The van der Waals surface area contributed by atoms with Crippen LogP contribution in [0.15, 0.2) is 41.9 Å². The van der Waals surface area contributed by atoms with Crippen LogP contribution in [0.1, 0.15) is 44.1 Å². The van der Waals surface area contributed by atoms with E-state index in [0.29, 0.717) is 22.0 Å². The fourth-order valence-electron chi connectivity index (χ4n) is 4.41. The number of hydrogen-bond donors (Lipinski definition) is 3. The Kier molecular flexibility index (Phi) is 7.40. The Labute approximate surface area is 198 Å². The van der Waals surface area contributed by atoms with Crippen LogP contribution in [0, 0.1) is 17.2 Å². The lowest BCUT2D eigenvalue weighted by Crippen LogP contribution is -2.48. The number of aldehydes is 1. The number of hydrazine groups is 1. The molecule has 0 radical (unpaired) electrons. The highest BCUT2D eigenvalue weighted by Gasteiger charge is 2.26. The Hall–Kier alpha value is -3.18. The van der Waals surface area contributed by atoms with Gasteiger partial charge in [0.1, 0.15) is 29.6 Å². The van der Waals surface area contributed by atoms with Crippen LogP contribution in [0.3, 0.4) is 0 Å². The van der Waals surface area contributed by atoms with Gasteiger partial charge in [-0.05, 0) is 62.8 Å². The number of carbonyl (C=O) groups is 2. The summed E-state index contributed by atoms with van der Waals surface area (Å²) in [5.41, 5.74) is 7.01. The van der Waals surface area contributed by atoms with Crippen molar-refractivity contribution in [3.05, 3.63) is 52.5 Å². The van der Waals surface area contributed by atoms with E-state index in [1.165, 1.54) is 0 Å². The number of ether oxygens (including phenoxy) is 1. The van der Waals surface area contributed by atoms with Gasteiger partial charge in [-0.25, -0.2) is 0 Å². The molecule has 0 unspecified atom stereocenters. The summed E-state index contributed by atoms with van der Waals surface area (Å²) in [6.45, 7) is 1.64. The molecular weight excluding hydrogens is 442 g/mol. The second-order valence-electron chi connectivity index (χ2n) is 8.66. The molecule has 1 amide bonds. The average Bonchev–Trinajstić information content (AvgIpc) is 2.85. The highest BCUT2D eigenvalue weighted by atomic mass is 35.5. The van der Waals surface area contributed by atoms with Gasteiger partial charge in [-0.3, -0.25) is 15.6 Å². The van der Waals surface area contributed by atoms with Crippen molar-refractivity contribution in [2.24, 2.45) is 5.92 Å². The Morgan fingerprint density at radius 1 is 1.15 bits per heavy atom. The van der Waals surface area contributed by atoms with Crippen LogP contribution < -0.4 is 20.9 Å². The van der Waals surface area contributed by atoms with E-state index in [4.69, 9.17) is 21.6 Å². The van der Waals surface area contributed by atoms with E-state index in [1.807, 2.05) is 12.1 Å². The number of nitriles is 1. The third-order valence-corrected chi connectivity index (χ3v) is 6.74. The molecule has 3 aliphatic rings. The van der Waals surface area contributed by atoms with Crippen molar-refractivity contribution in [2.45, 2.75) is 50.7 Å². The highest BCUT2D eigenvalue weighted by Crippen LogP contribution is 2.27. The molecule has 2 aliphatic heterocycles. The number of halogens is 1. The highest BCUT2D eigenvalue weighted by molar-refractivity contribution is 6.31. The van der Waals surface area contributed by atoms with Gasteiger partial charge >= 0.3 is 0 Å². The van der Waals surface area contributed by atoms with Gasteiger partial charge in [0.25, 0.3) is 5.91 Å². The monoisotopic (exact) mass is 469 g/mol. The Morgan fingerprint density at radius 2 is 1.91 bits per heavy atom. The van der Waals surface area contributed by atoms with Crippen molar-refractivity contribution in [1.82, 2.24) is 21.1 Å². The molecule has 174 valence electrons. The van der Waals surface area contributed by atoms with E-state index in [9.17, 15) is 9.59 Å². The Balaban J connectivity index is 1.23. The Bertz CT molecular complexity index is 986. The van der Waals surface area contributed by atoms with Crippen LogP contribution in [-0.2, 0) is 9.59 Å². The predicted octanol–water partition coefficient (Wildman–Crippen LogP) is 2.76. The molecule has 1 aromatic carbocycles. The molecule has 1 aliphatic carbocycles. The molecule has 0 bridgehead atoms. The molecule has 3 N–H and O–H groups in total. The minimum absolute atomic E-state index is 0.0599. The van der Waals surface area contributed by atoms with Gasteiger partial charge in [-0.2, -0.15) is 5.26 Å². The van der Waals surface area contributed by atoms with Gasteiger partial charge in [0.05, 0.1) is 16.7 Å². The summed E-state index contributed by atoms with van der Waals surface area (Å²) in [7, 11) is 0. The molecule has 0 spiro atoms. The number of likely N-dealkylation sites (tertiary alicyclic amines) is 1. The maximum Gasteiger partial charge on any atom is 0.269 e. The van der Waals surface area contributed by atoms with Gasteiger partial charge in [-0.1, -0.05) is 11.6 Å². The van der Waals surface area contributed by atoms with Gasteiger partial charge in [0.15, 0.2) is 0 Å². The van der Waals surface area contributed by atoms with Gasteiger partial charge in [-0.15, -0.1) is 0 Å². The van der Waals surface area contributed by atoms with Crippen molar-refractivity contribution in [3.8, 4) is 11.8 Å². The third-order valence-electron chi connectivity index (χ3n) is 6.42. The van der Waals surface area contributed by atoms with E-state index < -0.39 is 0 Å². The zero-order valence-corrected chi connectivity index (χ0v) is 19.1. The second-order valence-corrected chi connectivity index (χ2v) is 9.07. The number of benzene rings is 1. The molecule has 0 aromatic heterocycles. The normalized spacial score (nSPS) is 23.2. The second kappa shape index (κ2) is 10.6. The average molecular weight is 470 g/mol. The molecule has 1 saturated carbocycles. The molecule has 2 heterocycles. The van der Waals surface area contributed by atoms with E-state index in [0.717, 1.165) is 63.7 Å². The smallest absolute Gasteiger partial charge is 0.269 e. The van der Waals surface area contributed by atoms with Crippen LogP contribution in [-0.4, -0.2) is 42.3 Å². The number of amides is 1. The number of nitrogens with zero attached hydrogens (tertiary/aromatic N) is 2. The van der Waals surface area contributed by atoms with Crippen LogP contribution >= 0.6 is 11.6 Å². The van der Waals surface area contributed by atoms with E-state index in [1.54, 1.807) is 24.3 Å². The van der Waals surface area contributed by atoms with E-state index in [-0.39, 0.29) is 24.0 Å². The molecule has 33 heavy (non-hydrogen) atoms. The number of nitrogens with one attached hydrogen (secondary N) is 3. The van der Waals surface area contributed by atoms with E-state index in [2.05, 4.69) is 21.1 Å². The molecule has 8 nitrogen and oxygen atoms in total. The number of hydrogen-bond acceptors (Lipinski definition) is 7. The van der Waals surface area contributed by atoms with Crippen LogP contribution in [0.4, 0.5) is 0 Å². The van der Waals surface area contributed by atoms with Crippen molar-refractivity contribution >= 4 is 23.8 Å². The molecule has 1 aromatic rings. The van der Waals surface area contributed by atoms with Crippen molar-refractivity contribution < 1.29 is 14.3 Å². The van der Waals surface area contributed by atoms with E-state index >= 15 is 0 Å². The van der Waals surface area contributed by atoms with Crippen LogP contribution in [0.2, 0.25) is 5.02 Å². The van der Waals surface area contributed by atoms with Crippen molar-refractivity contribution in [3.63, 3.8) is 0 Å². The summed E-state index contributed by atoms with van der Waals surface area (Å²) in [5.74, 6) is 1.59. The zero-order chi connectivity index (χ0) is 23.2.